The summed E-state index contributed by atoms with van der Waals surface area (Å²) in [6.07, 6.45) is 7.07. The van der Waals surface area contributed by atoms with Gasteiger partial charge in [-0.05, 0) is 64.0 Å². The average Bonchev–Trinajstić information content (AvgIpc) is 3.26. The normalized spacial score (nSPS) is 24.9. The number of ether oxygens (including phenoxy) is 1. The molecule has 6 nitrogen and oxygen atoms in total. The lowest BCUT2D eigenvalue weighted by molar-refractivity contribution is -0.143. The lowest BCUT2D eigenvalue weighted by Gasteiger charge is -2.36. The van der Waals surface area contributed by atoms with E-state index in [4.69, 9.17) is 4.74 Å². The molecule has 1 unspecified atom stereocenters. The van der Waals surface area contributed by atoms with Crippen LogP contribution in [-0.2, 0) is 19.1 Å². The van der Waals surface area contributed by atoms with Gasteiger partial charge in [0.15, 0.2) is 0 Å². The van der Waals surface area contributed by atoms with Crippen molar-refractivity contribution in [2.24, 2.45) is 29.1 Å². The molecule has 0 radical (unpaired) electrons. The van der Waals surface area contributed by atoms with E-state index in [1.807, 2.05) is 20.8 Å². The summed E-state index contributed by atoms with van der Waals surface area (Å²) in [6.45, 7) is 11.3. The fourth-order valence-electron chi connectivity index (χ4n) is 5.63. The first-order valence-electron chi connectivity index (χ1n) is 13.5. The molecule has 3 rings (SSSR count). The van der Waals surface area contributed by atoms with Crippen molar-refractivity contribution in [2.75, 3.05) is 20.3 Å². The number of nitrogens with zero attached hydrogens (tertiary/aromatic N) is 1. The molecule has 0 bridgehead atoms. The van der Waals surface area contributed by atoms with E-state index in [0.29, 0.717) is 30.3 Å². The van der Waals surface area contributed by atoms with Gasteiger partial charge in [-0.1, -0.05) is 38.5 Å². The summed E-state index contributed by atoms with van der Waals surface area (Å²) in [5, 5.41) is 10.1. The number of allylic oxidation sites excluding steroid dienone is 3. The Balaban J connectivity index is 1.99. The zero-order valence-electron chi connectivity index (χ0n) is 22.9. The van der Waals surface area contributed by atoms with Gasteiger partial charge in [0, 0.05) is 61.1 Å². The maximum Gasteiger partial charge on any atom is 0.332 e. The number of carbonyl (C=O) groups excluding carboxylic acids is 2. The van der Waals surface area contributed by atoms with Crippen molar-refractivity contribution in [1.29, 1.82) is 0 Å². The largest absolute Gasteiger partial charge is 0.478 e. The van der Waals surface area contributed by atoms with E-state index in [1.54, 1.807) is 24.9 Å². The first kappa shape index (κ1) is 28.2. The number of hydrogen-bond acceptors (Lipinski definition) is 4. The second-order valence-electron chi connectivity index (χ2n) is 12.0. The summed E-state index contributed by atoms with van der Waals surface area (Å²) in [6, 6.07) is 0.0697. The molecule has 0 aromatic rings. The van der Waals surface area contributed by atoms with E-state index in [0.717, 1.165) is 38.5 Å². The quantitative estimate of drug-likeness (QED) is 0.499. The average molecular weight is 498 g/mol. The maximum atomic E-state index is 14.0. The van der Waals surface area contributed by atoms with Gasteiger partial charge < -0.3 is 14.7 Å². The zero-order valence-corrected chi connectivity index (χ0v) is 22.9. The first-order valence-corrected chi connectivity index (χ1v) is 13.5. The van der Waals surface area contributed by atoms with Crippen molar-refractivity contribution in [3.8, 4) is 11.8 Å². The van der Waals surface area contributed by atoms with E-state index >= 15 is 0 Å². The molecule has 6 heteroatoms. The van der Waals surface area contributed by atoms with Crippen LogP contribution < -0.4 is 0 Å². The zero-order chi connectivity index (χ0) is 26.6. The molecular weight excluding hydrogens is 454 g/mol. The topological polar surface area (TPSA) is 83.9 Å². The van der Waals surface area contributed by atoms with Gasteiger partial charge in [-0.2, -0.15) is 0 Å². The Morgan fingerprint density at radius 1 is 1.08 bits per heavy atom. The lowest BCUT2D eigenvalue weighted by Crippen LogP contribution is -2.46. The van der Waals surface area contributed by atoms with Crippen molar-refractivity contribution in [1.82, 2.24) is 4.90 Å². The van der Waals surface area contributed by atoms with Gasteiger partial charge in [0.1, 0.15) is 5.78 Å². The predicted molar refractivity (Wildman–Crippen MR) is 140 cm³/mol. The molecular formula is C30H43NO5. The summed E-state index contributed by atoms with van der Waals surface area (Å²) < 4.78 is 5.46. The van der Waals surface area contributed by atoms with Crippen LogP contribution in [0.4, 0.5) is 0 Å². The van der Waals surface area contributed by atoms with Gasteiger partial charge in [0.05, 0.1) is 5.92 Å². The minimum absolute atomic E-state index is 0.0122. The monoisotopic (exact) mass is 497 g/mol. The number of rotatable bonds is 7. The van der Waals surface area contributed by atoms with E-state index in [1.165, 1.54) is 0 Å². The predicted octanol–water partition coefficient (Wildman–Crippen LogP) is 5.03. The van der Waals surface area contributed by atoms with Crippen molar-refractivity contribution in [2.45, 2.75) is 85.6 Å². The molecule has 1 heterocycles. The summed E-state index contributed by atoms with van der Waals surface area (Å²) in [5.74, 6) is 4.21. The van der Waals surface area contributed by atoms with Crippen molar-refractivity contribution >= 4 is 17.7 Å². The van der Waals surface area contributed by atoms with Gasteiger partial charge in [0.2, 0.25) is 5.91 Å². The van der Waals surface area contributed by atoms with Crippen LogP contribution in [0.15, 0.2) is 22.8 Å². The summed E-state index contributed by atoms with van der Waals surface area (Å²) >= 11 is 0. The van der Waals surface area contributed by atoms with Crippen LogP contribution in [0.1, 0.15) is 79.6 Å². The molecule has 2 atom stereocenters. The van der Waals surface area contributed by atoms with Gasteiger partial charge >= 0.3 is 5.97 Å². The minimum Gasteiger partial charge on any atom is -0.478 e. The Bertz CT molecular complexity index is 975. The number of aliphatic carboxylic acids is 1. The first-order chi connectivity index (χ1) is 16.9. The van der Waals surface area contributed by atoms with Crippen LogP contribution in [0.25, 0.3) is 0 Å². The highest BCUT2D eigenvalue weighted by molar-refractivity contribution is 5.97. The van der Waals surface area contributed by atoms with E-state index < -0.39 is 17.8 Å². The van der Waals surface area contributed by atoms with Gasteiger partial charge in [0.25, 0.3) is 0 Å². The molecule has 2 aliphatic carbocycles. The maximum absolute atomic E-state index is 14.0. The molecule has 1 N–H and O–H groups in total. The third kappa shape index (κ3) is 6.88. The van der Waals surface area contributed by atoms with E-state index in [2.05, 4.69) is 18.8 Å². The van der Waals surface area contributed by atoms with E-state index in [-0.39, 0.29) is 41.1 Å². The van der Waals surface area contributed by atoms with Gasteiger partial charge in [-0.25, -0.2) is 4.79 Å². The van der Waals surface area contributed by atoms with Gasteiger partial charge in [-0.3, -0.25) is 9.59 Å². The Morgan fingerprint density at radius 2 is 1.69 bits per heavy atom. The highest BCUT2D eigenvalue weighted by atomic mass is 16.5. The minimum atomic E-state index is -1.04. The Morgan fingerprint density at radius 3 is 2.25 bits per heavy atom. The van der Waals surface area contributed by atoms with Crippen LogP contribution in [-0.4, -0.2) is 54.0 Å². The second-order valence-corrected chi connectivity index (χ2v) is 12.0. The second kappa shape index (κ2) is 11.8. The molecule has 2 fully saturated rings. The molecule has 198 valence electrons. The third-order valence-electron chi connectivity index (χ3n) is 7.94. The third-order valence-corrected chi connectivity index (χ3v) is 7.94. The Labute approximate surface area is 216 Å². The van der Waals surface area contributed by atoms with Crippen molar-refractivity contribution in [3.05, 3.63) is 22.8 Å². The molecule has 1 aliphatic heterocycles. The highest BCUT2D eigenvalue weighted by Gasteiger charge is 2.42. The fraction of sp³-hybridized carbons (Fsp3) is 0.700. The number of Topliss-reactive ketones (excluding diaryl/α,β-unsaturated/α-hetero) is 1. The molecule has 36 heavy (non-hydrogen) atoms. The summed E-state index contributed by atoms with van der Waals surface area (Å²) in [7, 11) is 1.80. The van der Waals surface area contributed by atoms with Crippen LogP contribution in [0, 0.1) is 40.9 Å². The molecule has 0 aromatic carbocycles. The molecule has 1 amide bonds. The van der Waals surface area contributed by atoms with Crippen LogP contribution in [0.3, 0.4) is 0 Å². The lowest BCUT2D eigenvalue weighted by atomic mass is 9.72. The number of carboxylic acids is 1. The molecule has 1 saturated carbocycles. The standard InChI is InChI=1S/C30H43NO5/c1-19-7-9-22(10-8-19)27(32)26(20(2)28(33)31(6)23-12-15-36-16-13-23)24-17-21(11-14-30(3,4)5)18-25(24)29(34)35/h17,19-20,22-23,26H,7-10,12-13,15-16,18H2,1-6H3,(H,34,35)/t19?,20-,22?,26?/m1/s1. The summed E-state index contributed by atoms with van der Waals surface area (Å²) in [5.41, 5.74) is 1.15. The van der Waals surface area contributed by atoms with Crippen LogP contribution in [0.2, 0.25) is 0 Å². The fourth-order valence-corrected chi connectivity index (χ4v) is 5.63. The summed E-state index contributed by atoms with van der Waals surface area (Å²) in [4.78, 5) is 41.8. The molecule has 0 aromatic heterocycles. The molecule has 0 spiro atoms. The number of carboxylic acid groups (broad SMARTS) is 1. The van der Waals surface area contributed by atoms with Crippen LogP contribution in [0.5, 0.6) is 0 Å². The Kier molecular flexibility index (Phi) is 9.22. The van der Waals surface area contributed by atoms with Crippen LogP contribution >= 0.6 is 0 Å². The number of amides is 1. The molecule has 1 saturated heterocycles. The van der Waals surface area contributed by atoms with Gasteiger partial charge in [-0.15, -0.1) is 0 Å². The smallest absolute Gasteiger partial charge is 0.332 e. The number of ketones is 1. The Hall–Kier alpha value is -2.39. The molecule has 3 aliphatic rings. The SMILES string of the molecule is CC1CCC(C(=O)C(C2=C(C(=O)O)CC(C#CC(C)(C)C)=C2)[C@@H](C)C(=O)N(C)C2CCOCC2)CC1. The number of carbonyl (C=O) groups is 3. The van der Waals surface area contributed by atoms with Crippen molar-refractivity contribution < 1.29 is 24.2 Å². The number of hydrogen-bond donors (Lipinski definition) is 1. The highest BCUT2D eigenvalue weighted by Crippen LogP contribution is 2.40. The van der Waals surface area contributed by atoms with E-state index in [9.17, 15) is 19.5 Å². The van der Waals surface area contributed by atoms with Crippen molar-refractivity contribution in [3.63, 3.8) is 0 Å².